The lowest BCUT2D eigenvalue weighted by Crippen LogP contribution is -2.19. The van der Waals surface area contributed by atoms with Crippen molar-refractivity contribution in [2.75, 3.05) is 0 Å². The highest BCUT2D eigenvalue weighted by Gasteiger charge is 2.10. The topological polar surface area (TPSA) is 37.8 Å². The summed E-state index contributed by atoms with van der Waals surface area (Å²) in [5.41, 5.74) is 4.06. The second-order valence-corrected chi connectivity index (χ2v) is 5.87. The fraction of sp³-hybridized carbons (Fsp3) is 0.429. The number of aryl methyl sites for hydroxylation is 2. The maximum absolute atomic E-state index is 4.13. The van der Waals surface area contributed by atoms with Gasteiger partial charge in [-0.05, 0) is 44.4 Å². The van der Waals surface area contributed by atoms with Crippen LogP contribution in [0.4, 0.5) is 0 Å². The Balaban J connectivity index is 2.03. The lowest BCUT2D eigenvalue weighted by molar-refractivity contribution is 0.568. The van der Waals surface area contributed by atoms with Crippen molar-refractivity contribution < 1.29 is 0 Å². The van der Waals surface area contributed by atoms with E-state index in [1.165, 1.54) is 16.7 Å². The molecule has 0 aliphatic rings. The molecule has 0 saturated carbocycles. The fourth-order valence-corrected chi connectivity index (χ4v) is 2.66. The van der Waals surface area contributed by atoms with Crippen molar-refractivity contribution in [3.63, 3.8) is 0 Å². The largest absolute Gasteiger partial charge is 0.304 e. The van der Waals surface area contributed by atoms with Gasteiger partial charge in [0.1, 0.15) is 10.0 Å². The van der Waals surface area contributed by atoms with E-state index in [9.17, 15) is 0 Å². The molecule has 0 amide bonds. The van der Waals surface area contributed by atoms with Crippen molar-refractivity contribution in [3.8, 4) is 0 Å². The van der Waals surface area contributed by atoms with E-state index >= 15 is 0 Å². The van der Waals surface area contributed by atoms with E-state index in [4.69, 9.17) is 0 Å². The minimum Gasteiger partial charge on any atom is -0.304 e. The molecule has 0 bridgehead atoms. The first-order chi connectivity index (χ1) is 8.58. The van der Waals surface area contributed by atoms with Crippen molar-refractivity contribution in [2.45, 2.75) is 40.3 Å². The van der Waals surface area contributed by atoms with E-state index in [1.807, 2.05) is 6.92 Å². The molecular formula is C14H19N3S. The van der Waals surface area contributed by atoms with Gasteiger partial charge in [-0.25, -0.2) is 0 Å². The third-order valence-corrected chi connectivity index (χ3v) is 4.08. The zero-order valence-corrected chi connectivity index (χ0v) is 12.1. The smallest absolute Gasteiger partial charge is 0.131 e. The molecule has 0 radical (unpaired) electrons. The van der Waals surface area contributed by atoms with E-state index in [2.05, 4.69) is 54.5 Å². The third kappa shape index (κ3) is 2.94. The van der Waals surface area contributed by atoms with E-state index in [1.54, 1.807) is 11.3 Å². The Morgan fingerprint density at radius 1 is 1.22 bits per heavy atom. The van der Waals surface area contributed by atoms with Gasteiger partial charge in [0.05, 0.1) is 6.54 Å². The average Bonchev–Trinajstić information content (AvgIpc) is 2.76. The molecule has 0 aliphatic carbocycles. The van der Waals surface area contributed by atoms with Crippen LogP contribution in [0.5, 0.6) is 0 Å². The van der Waals surface area contributed by atoms with Crippen molar-refractivity contribution in [1.82, 2.24) is 15.5 Å². The molecule has 1 atom stereocenters. The highest BCUT2D eigenvalue weighted by molar-refractivity contribution is 7.11. The van der Waals surface area contributed by atoms with Gasteiger partial charge in [0.25, 0.3) is 0 Å². The van der Waals surface area contributed by atoms with Crippen LogP contribution in [-0.4, -0.2) is 10.2 Å². The summed E-state index contributed by atoms with van der Waals surface area (Å²) >= 11 is 1.65. The summed E-state index contributed by atoms with van der Waals surface area (Å²) < 4.78 is 0. The first-order valence-corrected chi connectivity index (χ1v) is 6.98. The Kier molecular flexibility index (Phi) is 4.09. The van der Waals surface area contributed by atoms with Crippen LogP contribution in [0.25, 0.3) is 0 Å². The fourth-order valence-electron chi connectivity index (χ4n) is 2.00. The molecule has 0 aliphatic heterocycles. The zero-order chi connectivity index (χ0) is 13.1. The normalized spacial score (nSPS) is 12.7. The Labute approximate surface area is 112 Å². The van der Waals surface area contributed by atoms with E-state index in [0.717, 1.165) is 16.6 Å². The number of hydrogen-bond donors (Lipinski definition) is 1. The van der Waals surface area contributed by atoms with E-state index < -0.39 is 0 Å². The molecule has 1 aromatic heterocycles. The number of rotatable bonds is 4. The predicted molar refractivity (Wildman–Crippen MR) is 75.8 cm³/mol. The first kappa shape index (κ1) is 13.2. The molecule has 3 nitrogen and oxygen atoms in total. The monoisotopic (exact) mass is 261 g/mol. The van der Waals surface area contributed by atoms with Gasteiger partial charge in [0.2, 0.25) is 0 Å². The van der Waals surface area contributed by atoms with Gasteiger partial charge in [0, 0.05) is 6.04 Å². The van der Waals surface area contributed by atoms with Crippen LogP contribution in [0.2, 0.25) is 0 Å². The maximum atomic E-state index is 4.13. The second kappa shape index (κ2) is 5.59. The van der Waals surface area contributed by atoms with Crippen LogP contribution < -0.4 is 5.32 Å². The van der Waals surface area contributed by atoms with Crippen LogP contribution in [0.15, 0.2) is 18.2 Å². The van der Waals surface area contributed by atoms with Crippen LogP contribution >= 0.6 is 11.3 Å². The second-order valence-electron chi connectivity index (χ2n) is 4.61. The maximum Gasteiger partial charge on any atom is 0.131 e. The van der Waals surface area contributed by atoms with Gasteiger partial charge < -0.3 is 5.32 Å². The summed E-state index contributed by atoms with van der Waals surface area (Å²) in [4.78, 5) is 0. The predicted octanol–water partition coefficient (Wildman–Crippen LogP) is 3.31. The van der Waals surface area contributed by atoms with Gasteiger partial charge in [0.15, 0.2) is 0 Å². The molecule has 0 saturated heterocycles. The molecule has 0 fully saturated rings. The van der Waals surface area contributed by atoms with Gasteiger partial charge in [-0.15, -0.1) is 21.5 Å². The van der Waals surface area contributed by atoms with Crippen molar-refractivity contribution >= 4 is 11.3 Å². The van der Waals surface area contributed by atoms with Crippen LogP contribution in [0.1, 0.15) is 39.7 Å². The summed E-state index contributed by atoms with van der Waals surface area (Å²) in [6.07, 6.45) is 0. The lowest BCUT2D eigenvalue weighted by atomic mass is 9.98. The summed E-state index contributed by atoms with van der Waals surface area (Å²) in [6.45, 7) is 9.28. The highest BCUT2D eigenvalue weighted by Crippen LogP contribution is 2.20. The molecule has 2 rings (SSSR count). The minimum absolute atomic E-state index is 0.328. The molecule has 1 N–H and O–H groups in total. The Morgan fingerprint density at radius 3 is 2.67 bits per heavy atom. The molecule has 1 aromatic carbocycles. The van der Waals surface area contributed by atoms with Gasteiger partial charge >= 0.3 is 0 Å². The number of aromatic nitrogens is 2. The average molecular weight is 261 g/mol. The number of hydrogen-bond acceptors (Lipinski definition) is 4. The highest BCUT2D eigenvalue weighted by atomic mass is 32.1. The molecule has 0 unspecified atom stereocenters. The summed E-state index contributed by atoms with van der Waals surface area (Å²) in [7, 11) is 0. The van der Waals surface area contributed by atoms with E-state index in [-0.39, 0.29) is 0 Å². The molecule has 0 spiro atoms. The molecule has 2 aromatic rings. The van der Waals surface area contributed by atoms with Crippen molar-refractivity contribution in [3.05, 3.63) is 44.9 Å². The Hall–Kier alpha value is -1.26. The third-order valence-electron chi connectivity index (χ3n) is 3.24. The molecule has 96 valence electrons. The number of nitrogens with zero attached hydrogens (tertiary/aromatic N) is 2. The molecule has 4 heteroatoms. The molecule has 1 heterocycles. The number of nitrogens with one attached hydrogen (secondary N) is 1. The Morgan fingerprint density at radius 2 is 2.00 bits per heavy atom. The van der Waals surface area contributed by atoms with Gasteiger partial charge in [-0.3, -0.25) is 0 Å². The van der Waals surface area contributed by atoms with Gasteiger partial charge in [-0.2, -0.15) is 0 Å². The number of benzene rings is 1. The standard InChI is InChI=1S/C14H19N3S/c1-9-6-5-7-13(10(9)2)11(3)15-8-14-17-16-12(4)18-14/h5-7,11,15H,8H2,1-4H3/t11-/m0/s1. The van der Waals surface area contributed by atoms with Crippen molar-refractivity contribution in [1.29, 1.82) is 0 Å². The van der Waals surface area contributed by atoms with Crippen LogP contribution in [0, 0.1) is 20.8 Å². The van der Waals surface area contributed by atoms with Crippen molar-refractivity contribution in [2.24, 2.45) is 0 Å². The lowest BCUT2D eigenvalue weighted by Gasteiger charge is -2.17. The SMILES string of the molecule is Cc1nnc(CN[C@@H](C)c2cccc(C)c2C)s1. The Bertz CT molecular complexity index is 534. The first-order valence-electron chi connectivity index (χ1n) is 6.16. The minimum atomic E-state index is 0.328. The molecule has 18 heavy (non-hydrogen) atoms. The summed E-state index contributed by atoms with van der Waals surface area (Å²) in [6, 6.07) is 6.78. The molecular weight excluding hydrogens is 242 g/mol. The summed E-state index contributed by atoms with van der Waals surface area (Å²) in [5.74, 6) is 0. The van der Waals surface area contributed by atoms with Gasteiger partial charge in [-0.1, -0.05) is 18.2 Å². The van der Waals surface area contributed by atoms with Crippen LogP contribution in [0.3, 0.4) is 0 Å². The summed E-state index contributed by atoms with van der Waals surface area (Å²) in [5, 5.41) is 13.7. The van der Waals surface area contributed by atoms with Crippen LogP contribution in [-0.2, 0) is 6.54 Å². The quantitative estimate of drug-likeness (QED) is 0.917. The zero-order valence-electron chi connectivity index (χ0n) is 11.3. The van der Waals surface area contributed by atoms with E-state index in [0.29, 0.717) is 6.04 Å².